The molecule has 0 unspecified atom stereocenters. The summed E-state index contributed by atoms with van der Waals surface area (Å²) in [6, 6.07) is 9.14. The van der Waals surface area contributed by atoms with Crippen molar-refractivity contribution in [3.63, 3.8) is 0 Å². The van der Waals surface area contributed by atoms with E-state index in [1.165, 1.54) is 16.5 Å². The fraction of sp³-hybridized carbons (Fsp3) is 0.423. The zero-order valence-electron chi connectivity index (χ0n) is 20.0. The molecule has 1 saturated heterocycles. The van der Waals surface area contributed by atoms with Crippen molar-refractivity contribution < 1.29 is 23.1 Å². The van der Waals surface area contributed by atoms with E-state index >= 15 is 0 Å². The Bertz CT molecular complexity index is 1070. The Morgan fingerprint density at radius 2 is 1.74 bits per heavy atom. The number of amides is 1. The Hall–Kier alpha value is -3.36. The first-order valence-electron chi connectivity index (χ1n) is 11.7. The molecule has 1 amide bonds. The molecular weight excluding hydrogens is 457 g/mol. The van der Waals surface area contributed by atoms with Crippen LogP contribution in [0.25, 0.3) is 0 Å². The molecule has 0 bridgehead atoms. The van der Waals surface area contributed by atoms with Crippen molar-refractivity contribution in [2.45, 2.75) is 45.7 Å². The molecule has 1 aliphatic heterocycles. The summed E-state index contributed by atoms with van der Waals surface area (Å²) in [4.78, 5) is 19.8. The van der Waals surface area contributed by atoms with Gasteiger partial charge in [-0.1, -0.05) is 18.2 Å². The van der Waals surface area contributed by atoms with E-state index in [4.69, 9.17) is 5.41 Å². The van der Waals surface area contributed by atoms with Gasteiger partial charge in [0.05, 0.1) is 5.56 Å². The van der Waals surface area contributed by atoms with E-state index in [0.29, 0.717) is 44.0 Å². The first kappa shape index (κ1) is 26.2. The number of nitrogens with one attached hydrogen (secondary N) is 1. The number of piperazine rings is 1. The van der Waals surface area contributed by atoms with E-state index < -0.39 is 17.6 Å². The summed E-state index contributed by atoms with van der Waals surface area (Å²) in [6.07, 6.45) is 0.502. The van der Waals surface area contributed by atoms with Crippen molar-refractivity contribution in [3.8, 4) is 5.75 Å². The molecule has 0 aromatic heterocycles. The van der Waals surface area contributed by atoms with Gasteiger partial charge in [-0.2, -0.15) is 13.2 Å². The Morgan fingerprint density at radius 3 is 2.37 bits per heavy atom. The number of phenolic OH excluding ortho intramolecular Hbond substituents is 1. The molecule has 2 N–H and O–H groups in total. The minimum absolute atomic E-state index is 0.318. The van der Waals surface area contributed by atoms with Crippen molar-refractivity contribution in [1.29, 1.82) is 5.41 Å². The normalized spacial score (nSPS) is 14.5. The largest absolute Gasteiger partial charge is 0.507 e. The molecule has 0 radical (unpaired) electrons. The lowest BCUT2D eigenvalue weighted by atomic mass is 10.0. The fourth-order valence-corrected chi connectivity index (χ4v) is 4.16. The van der Waals surface area contributed by atoms with Gasteiger partial charge in [0.25, 0.3) is 5.91 Å². The van der Waals surface area contributed by atoms with Gasteiger partial charge in [-0.05, 0) is 74.4 Å². The zero-order chi connectivity index (χ0) is 25.6. The third kappa shape index (κ3) is 7.07. The number of carbonyl (C=O) groups is 1. The number of benzene rings is 2. The average Bonchev–Trinajstić information content (AvgIpc) is 2.83. The van der Waals surface area contributed by atoms with Crippen LogP contribution in [0.4, 0.5) is 18.9 Å². The lowest BCUT2D eigenvalue weighted by molar-refractivity contribution is -0.137. The number of hydrogen-bond donors (Lipinski definition) is 2. The molecule has 35 heavy (non-hydrogen) atoms. The number of anilines is 1. The van der Waals surface area contributed by atoms with E-state index in [1.54, 1.807) is 12.3 Å². The Labute approximate surface area is 203 Å². The third-order valence-electron chi connectivity index (χ3n) is 6.13. The van der Waals surface area contributed by atoms with E-state index in [2.05, 4.69) is 4.99 Å². The van der Waals surface area contributed by atoms with Gasteiger partial charge in [-0.15, -0.1) is 0 Å². The van der Waals surface area contributed by atoms with Crippen LogP contribution < -0.4 is 4.90 Å². The van der Waals surface area contributed by atoms with Crippen LogP contribution in [0.2, 0.25) is 0 Å². The second kappa shape index (κ2) is 11.4. The maximum absolute atomic E-state index is 13.0. The smallest absolute Gasteiger partial charge is 0.416 e. The summed E-state index contributed by atoms with van der Waals surface area (Å²) in [5, 5.41) is 17.8. The minimum atomic E-state index is -4.40. The molecular formula is C26H31F3N4O2. The van der Waals surface area contributed by atoms with Crippen LogP contribution in [0.1, 0.15) is 41.5 Å². The number of hydrogen-bond acceptors (Lipinski definition) is 4. The standard InChI is InChI=1S/C26H31F3N4O2/c1-18-15-20(16-19(2)23(18)34)7-4-3-5-10-31-24(30)25(35)33-13-11-32(12-14-33)22-9-6-8-21(17-22)26(27,28)29/h6,8-10,15-17,30,34H,3-5,7,11-14H2,1-2H3. The van der Waals surface area contributed by atoms with Gasteiger partial charge in [-0.25, -0.2) is 4.99 Å². The lowest BCUT2D eigenvalue weighted by Gasteiger charge is -2.36. The number of carbonyl (C=O) groups excluding carboxylic acids is 1. The van der Waals surface area contributed by atoms with Crippen molar-refractivity contribution in [2.24, 2.45) is 4.99 Å². The Kier molecular flexibility index (Phi) is 8.53. The van der Waals surface area contributed by atoms with E-state index in [9.17, 15) is 23.1 Å². The molecule has 0 spiro atoms. The summed E-state index contributed by atoms with van der Waals surface area (Å²) >= 11 is 0. The SMILES string of the molecule is Cc1cc(CCCCC=NC(=N)C(=O)N2CCN(c3cccc(C(F)(F)F)c3)CC2)cc(C)c1O. The van der Waals surface area contributed by atoms with Crippen LogP contribution >= 0.6 is 0 Å². The highest BCUT2D eigenvalue weighted by Crippen LogP contribution is 2.32. The van der Waals surface area contributed by atoms with Crippen LogP contribution in [-0.2, 0) is 17.4 Å². The molecule has 0 saturated carbocycles. The predicted molar refractivity (Wildman–Crippen MR) is 132 cm³/mol. The topological polar surface area (TPSA) is 80.0 Å². The molecule has 9 heteroatoms. The van der Waals surface area contributed by atoms with Gasteiger partial charge >= 0.3 is 6.18 Å². The van der Waals surface area contributed by atoms with E-state index in [1.807, 2.05) is 30.9 Å². The number of aliphatic imine (C=N–C) groups is 1. The van der Waals surface area contributed by atoms with Gasteiger partial charge in [-0.3, -0.25) is 10.2 Å². The zero-order valence-corrected chi connectivity index (χ0v) is 20.0. The molecule has 1 heterocycles. The summed E-state index contributed by atoms with van der Waals surface area (Å²) in [7, 11) is 0. The summed E-state index contributed by atoms with van der Waals surface area (Å²) < 4.78 is 38.9. The molecule has 2 aromatic carbocycles. The number of rotatable bonds is 6. The van der Waals surface area contributed by atoms with Gasteiger partial charge in [0.1, 0.15) is 5.75 Å². The quantitative estimate of drug-likeness (QED) is 0.336. The lowest BCUT2D eigenvalue weighted by Crippen LogP contribution is -2.50. The Morgan fingerprint density at radius 1 is 1.09 bits per heavy atom. The predicted octanol–water partition coefficient (Wildman–Crippen LogP) is 5.14. The average molecular weight is 489 g/mol. The molecule has 3 rings (SSSR count). The number of unbranched alkanes of at least 4 members (excludes halogenated alkanes) is 2. The molecule has 0 aliphatic carbocycles. The van der Waals surface area contributed by atoms with Gasteiger partial charge in [0.2, 0.25) is 5.84 Å². The first-order valence-corrected chi connectivity index (χ1v) is 11.7. The van der Waals surface area contributed by atoms with Crippen LogP contribution in [0.5, 0.6) is 5.75 Å². The number of nitrogens with zero attached hydrogens (tertiary/aromatic N) is 3. The van der Waals surface area contributed by atoms with Crippen molar-refractivity contribution in [3.05, 3.63) is 58.7 Å². The number of phenols is 1. The molecule has 1 fully saturated rings. The number of aryl methyl sites for hydroxylation is 3. The monoisotopic (exact) mass is 488 g/mol. The summed E-state index contributed by atoms with van der Waals surface area (Å²) in [6.45, 7) is 5.18. The van der Waals surface area contributed by atoms with Crippen LogP contribution in [0, 0.1) is 19.3 Å². The fourth-order valence-electron chi connectivity index (χ4n) is 4.16. The Balaban J connectivity index is 1.41. The molecule has 1 aliphatic rings. The van der Waals surface area contributed by atoms with E-state index in [-0.39, 0.29) is 5.84 Å². The summed E-state index contributed by atoms with van der Waals surface area (Å²) in [5.41, 5.74) is 2.67. The van der Waals surface area contributed by atoms with Gasteiger partial charge in [0.15, 0.2) is 0 Å². The van der Waals surface area contributed by atoms with E-state index in [0.717, 1.165) is 42.5 Å². The number of alkyl halides is 3. The van der Waals surface area contributed by atoms with Gasteiger partial charge in [0, 0.05) is 38.1 Å². The van der Waals surface area contributed by atoms with Crippen LogP contribution in [0.15, 0.2) is 41.4 Å². The molecule has 2 aromatic rings. The van der Waals surface area contributed by atoms with Crippen molar-refractivity contribution >= 4 is 23.6 Å². The van der Waals surface area contributed by atoms with Crippen molar-refractivity contribution in [2.75, 3.05) is 31.1 Å². The second-order valence-corrected chi connectivity index (χ2v) is 8.81. The van der Waals surface area contributed by atoms with Crippen LogP contribution in [0.3, 0.4) is 0 Å². The highest BCUT2D eigenvalue weighted by Gasteiger charge is 2.31. The van der Waals surface area contributed by atoms with Crippen LogP contribution in [-0.4, -0.2) is 54.1 Å². The van der Waals surface area contributed by atoms with Gasteiger partial charge < -0.3 is 14.9 Å². The number of aromatic hydroxyl groups is 1. The first-order chi connectivity index (χ1) is 16.6. The number of halogens is 3. The maximum atomic E-state index is 13.0. The molecule has 0 atom stereocenters. The summed E-state index contributed by atoms with van der Waals surface area (Å²) in [5.74, 6) is -0.469. The molecule has 188 valence electrons. The minimum Gasteiger partial charge on any atom is -0.507 e. The van der Waals surface area contributed by atoms with Crippen molar-refractivity contribution in [1.82, 2.24) is 4.90 Å². The highest BCUT2D eigenvalue weighted by atomic mass is 19.4. The third-order valence-corrected chi connectivity index (χ3v) is 6.13. The maximum Gasteiger partial charge on any atom is 0.416 e. The second-order valence-electron chi connectivity index (χ2n) is 8.81. The highest BCUT2D eigenvalue weighted by molar-refractivity contribution is 6.37. The molecule has 6 nitrogen and oxygen atoms in total. The number of amidine groups is 1.